The Balaban J connectivity index is 2.52. The van der Waals surface area contributed by atoms with Crippen molar-refractivity contribution in [3.8, 4) is 0 Å². The van der Waals surface area contributed by atoms with Crippen molar-refractivity contribution in [1.82, 2.24) is 0 Å². The van der Waals surface area contributed by atoms with E-state index in [2.05, 4.69) is 20.8 Å². The van der Waals surface area contributed by atoms with Crippen LogP contribution in [0.3, 0.4) is 0 Å². The van der Waals surface area contributed by atoms with Gasteiger partial charge in [-0.3, -0.25) is 4.79 Å². The molecule has 0 bridgehead atoms. The highest BCUT2D eigenvalue weighted by atomic mass is 16.5. The maximum absolute atomic E-state index is 12.9. The minimum atomic E-state index is -0.212. The first-order valence-electron chi connectivity index (χ1n) is 9.11. The highest BCUT2D eigenvalue weighted by molar-refractivity contribution is 5.85. The summed E-state index contributed by atoms with van der Waals surface area (Å²) in [4.78, 5) is 12.9. The fourth-order valence-corrected chi connectivity index (χ4v) is 4.18. The molecule has 2 heteroatoms. The van der Waals surface area contributed by atoms with Crippen LogP contribution in [0.2, 0.25) is 0 Å². The second kappa shape index (κ2) is 9.61. The van der Waals surface area contributed by atoms with Crippen LogP contribution in [-0.4, -0.2) is 19.5 Å². The number of ketones is 1. The van der Waals surface area contributed by atoms with E-state index in [0.29, 0.717) is 24.2 Å². The summed E-state index contributed by atoms with van der Waals surface area (Å²) in [7, 11) is 1.74. The summed E-state index contributed by atoms with van der Waals surface area (Å²) in [6, 6.07) is 0. The van der Waals surface area contributed by atoms with E-state index < -0.39 is 0 Å². The molecule has 1 rings (SSSR count). The highest BCUT2D eigenvalue weighted by Gasteiger charge is 2.48. The number of methoxy groups -OCH3 is 1. The second-order valence-corrected chi connectivity index (χ2v) is 7.15. The minimum absolute atomic E-state index is 0.212. The molecule has 0 amide bonds. The van der Waals surface area contributed by atoms with Crippen molar-refractivity contribution >= 4 is 5.78 Å². The number of carbonyl (C=O) groups is 1. The molecule has 3 atom stereocenters. The van der Waals surface area contributed by atoms with E-state index in [4.69, 9.17) is 4.74 Å². The summed E-state index contributed by atoms with van der Waals surface area (Å²) < 4.78 is 5.49. The molecule has 0 aromatic carbocycles. The van der Waals surface area contributed by atoms with Gasteiger partial charge >= 0.3 is 0 Å². The van der Waals surface area contributed by atoms with Crippen molar-refractivity contribution in [2.45, 2.75) is 85.0 Å². The minimum Gasteiger partial charge on any atom is -0.384 e. The summed E-state index contributed by atoms with van der Waals surface area (Å²) >= 11 is 0. The van der Waals surface area contributed by atoms with E-state index >= 15 is 0 Å². The van der Waals surface area contributed by atoms with Crippen molar-refractivity contribution in [2.24, 2.45) is 17.3 Å². The SMILES string of the molecule is CCCCCCCCC(=O)C1(COC)C(C)CCC[C@H]1C. The lowest BCUT2D eigenvalue weighted by Crippen LogP contribution is -2.49. The molecular formula is C19H36O2. The Morgan fingerprint density at radius 1 is 1.05 bits per heavy atom. The van der Waals surface area contributed by atoms with Gasteiger partial charge in [-0.2, -0.15) is 0 Å². The van der Waals surface area contributed by atoms with Gasteiger partial charge in [0, 0.05) is 13.5 Å². The lowest BCUT2D eigenvalue weighted by atomic mass is 9.58. The molecular weight excluding hydrogens is 260 g/mol. The summed E-state index contributed by atoms with van der Waals surface area (Å²) in [5.74, 6) is 1.40. The average Bonchev–Trinajstić information content (AvgIpc) is 2.46. The number of rotatable bonds is 10. The van der Waals surface area contributed by atoms with Gasteiger partial charge in [-0.15, -0.1) is 0 Å². The summed E-state index contributed by atoms with van der Waals surface area (Å²) in [6.45, 7) is 7.37. The maximum Gasteiger partial charge on any atom is 0.141 e. The molecule has 0 aliphatic heterocycles. The molecule has 0 spiro atoms. The van der Waals surface area contributed by atoms with Crippen LogP contribution in [0.1, 0.15) is 85.0 Å². The quantitative estimate of drug-likeness (QED) is 0.505. The molecule has 1 saturated carbocycles. The molecule has 0 aromatic rings. The van der Waals surface area contributed by atoms with Gasteiger partial charge in [-0.05, 0) is 31.1 Å². The van der Waals surface area contributed by atoms with Crippen LogP contribution in [0, 0.1) is 17.3 Å². The van der Waals surface area contributed by atoms with Gasteiger partial charge in [0.15, 0.2) is 0 Å². The number of hydrogen-bond acceptors (Lipinski definition) is 2. The molecule has 0 N–H and O–H groups in total. The largest absolute Gasteiger partial charge is 0.384 e. The third kappa shape index (κ3) is 4.81. The topological polar surface area (TPSA) is 26.3 Å². The normalized spacial score (nSPS) is 29.5. The third-order valence-electron chi connectivity index (χ3n) is 5.69. The predicted molar refractivity (Wildman–Crippen MR) is 89.5 cm³/mol. The van der Waals surface area contributed by atoms with Crippen LogP contribution in [-0.2, 0) is 9.53 Å². The first-order chi connectivity index (χ1) is 10.1. The monoisotopic (exact) mass is 296 g/mol. The van der Waals surface area contributed by atoms with Gasteiger partial charge in [-0.25, -0.2) is 0 Å². The van der Waals surface area contributed by atoms with Gasteiger partial charge in [-0.1, -0.05) is 59.3 Å². The van der Waals surface area contributed by atoms with Crippen molar-refractivity contribution in [3.63, 3.8) is 0 Å². The zero-order valence-electron chi connectivity index (χ0n) is 14.7. The van der Waals surface area contributed by atoms with Crippen LogP contribution in [0.15, 0.2) is 0 Å². The number of hydrogen-bond donors (Lipinski definition) is 0. The fourth-order valence-electron chi connectivity index (χ4n) is 4.18. The zero-order chi connectivity index (χ0) is 15.7. The van der Waals surface area contributed by atoms with Crippen molar-refractivity contribution in [3.05, 3.63) is 0 Å². The van der Waals surface area contributed by atoms with Crippen molar-refractivity contribution in [1.29, 1.82) is 0 Å². The molecule has 0 saturated heterocycles. The first kappa shape index (κ1) is 18.7. The third-order valence-corrected chi connectivity index (χ3v) is 5.69. The molecule has 124 valence electrons. The molecule has 21 heavy (non-hydrogen) atoms. The Kier molecular flexibility index (Phi) is 8.55. The van der Waals surface area contributed by atoms with E-state index in [0.717, 1.165) is 12.8 Å². The van der Waals surface area contributed by atoms with Crippen LogP contribution in [0.4, 0.5) is 0 Å². The van der Waals surface area contributed by atoms with Crippen LogP contribution in [0.25, 0.3) is 0 Å². The molecule has 1 aliphatic carbocycles. The molecule has 1 fully saturated rings. The standard InChI is InChI=1S/C19H36O2/c1-5-6-7-8-9-10-14-18(20)19(15-21-4)16(2)12-11-13-17(19)3/h16-17H,5-15H2,1-4H3/t16-,17?,19?/m1/s1. The first-order valence-corrected chi connectivity index (χ1v) is 9.11. The van der Waals surface area contributed by atoms with Gasteiger partial charge < -0.3 is 4.74 Å². The smallest absolute Gasteiger partial charge is 0.141 e. The van der Waals surface area contributed by atoms with Crippen molar-refractivity contribution < 1.29 is 9.53 Å². The molecule has 1 aliphatic rings. The van der Waals surface area contributed by atoms with Gasteiger partial charge in [0.2, 0.25) is 0 Å². The molecule has 0 aromatic heterocycles. The fraction of sp³-hybridized carbons (Fsp3) is 0.947. The van der Waals surface area contributed by atoms with Crippen molar-refractivity contribution in [2.75, 3.05) is 13.7 Å². The molecule has 0 heterocycles. The van der Waals surface area contributed by atoms with E-state index in [1.54, 1.807) is 7.11 Å². The number of Topliss-reactive ketones (excluding diaryl/α,β-unsaturated/α-hetero) is 1. The highest BCUT2D eigenvalue weighted by Crippen LogP contribution is 2.47. The number of carbonyl (C=O) groups excluding carboxylic acids is 1. The molecule has 0 radical (unpaired) electrons. The lowest BCUT2D eigenvalue weighted by molar-refractivity contribution is -0.144. The number of ether oxygens (including phenoxy) is 1. The predicted octanol–water partition coefficient (Wildman–Crippen LogP) is 5.40. The Hall–Kier alpha value is -0.370. The van der Waals surface area contributed by atoms with Gasteiger partial charge in [0.05, 0.1) is 12.0 Å². The zero-order valence-corrected chi connectivity index (χ0v) is 14.7. The van der Waals surface area contributed by atoms with Crippen LogP contribution < -0.4 is 0 Å². The summed E-state index contributed by atoms with van der Waals surface area (Å²) in [5, 5.41) is 0. The molecule has 2 nitrogen and oxygen atoms in total. The number of unbranched alkanes of at least 4 members (excludes halogenated alkanes) is 5. The average molecular weight is 296 g/mol. The Morgan fingerprint density at radius 2 is 1.62 bits per heavy atom. The van der Waals surface area contributed by atoms with E-state index in [1.165, 1.54) is 51.4 Å². The maximum atomic E-state index is 12.9. The Morgan fingerprint density at radius 3 is 2.19 bits per heavy atom. The van der Waals surface area contributed by atoms with Gasteiger partial charge in [0.25, 0.3) is 0 Å². The van der Waals surface area contributed by atoms with Crippen LogP contribution in [0.5, 0.6) is 0 Å². The molecule has 2 unspecified atom stereocenters. The lowest BCUT2D eigenvalue weighted by Gasteiger charge is -2.46. The van der Waals surface area contributed by atoms with E-state index in [9.17, 15) is 4.79 Å². The van der Waals surface area contributed by atoms with Crippen LogP contribution >= 0.6 is 0 Å². The summed E-state index contributed by atoms with van der Waals surface area (Å²) in [6.07, 6.45) is 11.9. The summed E-state index contributed by atoms with van der Waals surface area (Å²) in [5.41, 5.74) is -0.212. The second-order valence-electron chi connectivity index (χ2n) is 7.15. The Labute approximate surface area is 132 Å². The van der Waals surface area contributed by atoms with Gasteiger partial charge in [0.1, 0.15) is 5.78 Å². The van der Waals surface area contributed by atoms with E-state index in [1.807, 2.05) is 0 Å². The Bertz CT molecular complexity index is 288. The van der Waals surface area contributed by atoms with E-state index in [-0.39, 0.29) is 5.41 Å².